The van der Waals surface area contributed by atoms with Gasteiger partial charge < -0.3 is 20.4 Å². The van der Waals surface area contributed by atoms with Gasteiger partial charge in [0.05, 0.1) is 6.07 Å². The first-order chi connectivity index (χ1) is 13.2. The molecule has 0 spiro atoms. The molecule has 0 bridgehead atoms. The quantitative estimate of drug-likeness (QED) is 0.755. The van der Waals surface area contributed by atoms with Crippen molar-refractivity contribution in [3.63, 3.8) is 0 Å². The van der Waals surface area contributed by atoms with E-state index in [1.54, 1.807) is 6.92 Å². The van der Waals surface area contributed by atoms with Crippen molar-refractivity contribution in [3.8, 4) is 6.07 Å². The monoisotopic (exact) mass is 385 g/mol. The van der Waals surface area contributed by atoms with Crippen LogP contribution in [0.15, 0.2) is 18.2 Å². The van der Waals surface area contributed by atoms with Crippen LogP contribution < -0.4 is 15.5 Å². The molecular weight excluding hydrogens is 350 g/mol. The Morgan fingerprint density at radius 2 is 1.89 bits per heavy atom. The highest BCUT2D eigenvalue weighted by Crippen LogP contribution is 2.24. The van der Waals surface area contributed by atoms with E-state index in [0.717, 1.165) is 44.0 Å². The number of nitrogens with zero attached hydrogens (tertiary/aromatic N) is 3. The number of piperazine rings is 1. The largest absolute Gasteiger partial charge is 0.374 e. The van der Waals surface area contributed by atoms with E-state index < -0.39 is 11.6 Å². The van der Waals surface area contributed by atoms with Crippen molar-refractivity contribution in [2.75, 3.05) is 42.9 Å². The smallest absolute Gasteiger partial charge is 0.243 e. The molecule has 1 aromatic carbocycles. The van der Waals surface area contributed by atoms with Crippen LogP contribution in [0.2, 0.25) is 0 Å². The van der Waals surface area contributed by atoms with Gasteiger partial charge in [0.15, 0.2) is 0 Å². The third-order valence-electron chi connectivity index (χ3n) is 5.93. The van der Waals surface area contributed by atoms with Crippen LogP contribution in [0.3, 0.4) is 0 Å². The second kappa shape index (κ2) is 9.29. The maximum atomic E-state index is 12.6. The predicted octanol–water partition coefficient (Wildman–Crippen LogP) is 2.99. The summed E-state index contributed by atoms with van der Waals surface area (Å²) in [6, 6.07) is 8.15. The zero-order valence-electron chi connectivity index (χ0n) is 18.2. The Morgan fingerprint density at radius 3 is 2.39 bits per heavy atom. The van der Waals surface area contributed by atoms with Gasteiger partial charge in [0.1, 0.15) is 11.6 Å². The van der Waals surface area contributed by atoms with Gasteiger partial charge in [-0.15, -0.1) is 0 Å². The molecule has 0 radical (unpaired) electrons. The topological polar surface area (TPSA) is 71.4 Å². The number of nitriles is 1. The van der Waals surface area contributed by atoms with Crippen LogP contribution >= 0.6 is 0 Å². The molecule has 0 unspecified atom stereocenters. The van der Waals surface area contributed by atoms with E-state index in [9.17, 15) is 10.1 Å². The number of likely N-dealkylation sites (N-methyl/N-ethyl adjacent to an activating group) is 1. The van der Waals surface area contributed by atoms with Gasteiger partial charge in [-0.2, -0.15) is 5.26 Å². The van der Waals surface area contributed by atoms with Crippen molar-refractivity contribution in [2.24, 2.45) is 5.92 Å². The minimum absolute atomic E-state index is 0.0304. The SMILES string of the molecule is CCN1CCN(c2ccc(N[C@@H](C)C(=O)N[C@@](C)(C#N)C(C)C)c(C)c2)CC1. The van der Waals surface area contributed by atoms with Crippen molar-refractivity contribution in [1.29, 1.82) is 5.26 Å². The van der Waals surface area contributed by atoms with Crippen molar-refractivity contribution < 1.29 is 4.79 Å². The Kier molecular flexibility index (Phi) is 7.31. The number of anilines is 2. The lowest BCUT2D eigenvalue weighted by atomic mass is 9.90. The Labute approximate surface area is 169 Å². The Balaban J connectivity index is 2.01. The van der Waals surface area contributed by atoms with Crippen LogP contribution in [0.4, 0.5) is 11.4 Å². The molecule has 1 amide bonds. The fourth-order valence-corrected chi connectivity index (χ4v) is 3.29. The third-order valence-corrected chi connectivity index (χ3v) is 5.93. The van der Waals surface area contributed by atoms with Gasteiger partial charge in [0.25, 0.3) is 0 Å². The normalized spacial score (nSPS) is 18.3. The molecule has 0 aliphatic carbocycles. The number of rotatable bonds is 7. The lowest BCUT2D eigenvalue weighted by Crippen LogP contribution is -2.53. The molecule has 1 heterocycles. The molecule has 154 valence electrons. The fraction of sp³-hybridized carbons (Fsp3) is 0.636. The number of hydrogen-bond acceptors (Lipinski definition) is 5. The summed E-state index contributed by atoms with van der Waals surface area (Å²) in [6.45, 7) is 17.1. The van der Waals surface area contributed by atoms with E-state index in [-0.39, 0.29) is 11.8 Å². The molecule has 1 aliphatic rings. The number of carbonyl (C=O) groups excluding carboxylic acids is 1. The standard InChI is InChI=1S/C22H35N5O/c1-7-26-10-12-27(13-11-26)19-8-9-20(17(4)14-19)24-18(5)21(28)25-22(6,15-23)16(2)3/h8-9,14,16,18,24H,7,10-13H2,1-6H3,(H,25,28)/t18-,22-/m0/s1. The van der Waals surface area contributed by atoms with Crippen molar-refractivity contribution in [2.45, 2.75) is 53.1 Å². The maximum absolute atomic E-state index is 12.6. The van der Waals surface area contributed by atoms with Crippen LogP contribution in [-0.4, -0.2) is 55.1 Å². The van der Waals surface area contributed by atoms with Crippen LogP contribution in [0.1, 0.15) is 40.2 Å². The maximum Gasteiger partial charge on any atom is 0.243 e. The van der Waals surface area contributed by atoms with Crippen LogP contribution in [0, 0.1) is 24.2 Å². The van der Waals surface area contributed by atoms with Crippen molar-refractivity contribution in [3.05, 3.63) is 23.8 Å². The molecule has 2 rings (SSSR count). The number of nitrogens with one attached hydrogen (secondary N) is 2. The summed E-state index contributed by atoms with van der Waals surface area (Å²) >= 11 is 0. The van der Waals surface area contributed by atoms with Crippen LogP contribution in [-0.2, 0) is 4.79 Å². The van der Waals surface area contributed by atoms with E-state index in [1.807, 2.05) is 26.8 Å². The van der Waals surface area contributed by atoms with Crippen molar-refractivity contribution in [1.82, 2.24) is 10.2 Å². The van der Waals surface area contributed by atoms with Gasteiger partial charge in [0.2, 0.25) is 5.91 Å². The van der Waals surface area contributed by atoms with E-state index in [2.05, 4.69) is 52.5 Å². The van der Waals surface area contributed by atoms with E-state index >= 15 is 0 Å². The van der Waals surface area contributed by atoms with Gasteiger partial charge in [-0.25, -0.2) is 0 Å². The van der Waals surface area contributed by atoms with Crippen LogP contribution in [0.25, 0.3) is 0 Å². The molecule has 6 nitrogen and oxygen atoms in total. The van der Waals surface area contributed by atoms with Gasteiger partial charge in [-0.1, -0.05) is 20.8 Å². The first kappa shape index (κ1) is 22.0. The highest BCUT2D eigenvalue weighted by Gasteiger charge is 2.31. The molecular formula is C22H35N5O. The molecule has 2 atom stereocenters. The molecule has 6 heteroatoms. The zero-order chi connectivity index (χ0) is 20.9. The van der Waals surface area contributed by atoms with Crippen molar-refractivity contribution >= 4 is 17.3 Å². The van der Waals surface area contributed by atoms with Gasteiger partial charge >= 0.3 is 0 Å². The summed E-state index contributed by atoms with van der Waals surface area (Å²) in [4.78, 5) is 17.5. The second-order valence-corrected chi connectivity index (χ2v) is 8.24. The van der Waals surface area contributed by atoms with Crippen LogP contribution in [0.5, 0.6) is 0 Å². The highest BCUT2D eigenvalue weighted by molar-refractivity contribution is 5.85. The first-order valence-corrected chi connectivity index (χ1v) is 10.3. The molecule has 2 N–H and O–H groups in total. The van der Waals surface area contributed by atoms with E-state index in [0.29, 0.717) is 0 Å². The molecule has 1 saturated heterocycles. The molecule has 28 heavy (non-hydrogen) atoms. The lowest BCUT2D eigenvalue weighted by molar-refractivity contribution is -0.123. The first-order valence-electron chi connectivity index (χ1n) is 10.3. The summed E-state index contributed by atoms with van der Waals surface area (Å²) in [7, 11) is 0. The number of carbonyl (C=O) groups is 1. The number of hydrogen-bond donors (Lipinski definition) is 2. The summed E-state index contributed by atoms with van der Waals surface area (Å²) < 4.78 is 0. The minimum Gasteiger partial charge on any atom is -0.374 e. The summed E-state index contributed by atoms with van der Waals surface area (Å²) in [5.74, 6) is -0.139. The molecule has 1 aliphatic heterocycles. The summed E-state index contributed by atoms with van der Waals surface area (Å²) in [5, 5.41) is 15.6. The Bertz CT molecular complexity index is 718. The third kappa shape index (κ3) is 5.17. The van der Waals surface area contributed by atoms with Gasteiger partial charge in [-0.3, -0.25) is 4.79 Å². The average molecular weight is 386 g/mol. The summed E-state index contributed by atoms with van der Waals surface area (Å²) in [5.41, 5.74) is 2.42. The molecule has 1 fully saturated rings. The molecule has 0 saturated carbocycles. The number of amides is 1. The van der Waals surface area contributed by atoms with Gasteiger partial charge in [-0.05, 0) is 57.0 Å². The Hall–Kier alpha value is -2.26. The fourth-order valence-electron chi connectivity index (χ4n) is 3.29. The molecule has 0 aromatic heterocycles. The Morgan fingerprint density at radius 1 is 1.25 bits per heavy atom. The number of aryl methyl sites for hydroxylation is 1. The van der Waals surface area contributed by atoms with E-state index in [1.165, 1.54) is 5.69 Å². The lowest BCUT2D eigenvalue weighted by Gasteiger charge is -2.35. The highest BCUT2D eigenvalue weighted by atomic mass is 16.2. The zero-order valence-corrected chi connectivity index (χ0v) is 18.2. The van der Waals surface area contributed by atoms with E-state index in [4.69, 9.17) is 0 Å². The molecule has 1 aromatic rings. The minimum atomic E-state index is -0.868. The predicted molar refractivity (Wildman–Crippen MR) is 116 cm³/mol. The second-order valence-electron chi connectivity index (χ2n) is 8.24. The van der Waals surface area contributed by atoms with Gasteiger partial charge in [0, 0.05) is 37.6 Å². The summed E-state index contributed by atoms with van der Waals surface area (Å²) in [6.07, 6.45) is 0. The number of benzene rings is 1. The average Bonchev–Trinajstić information content (AvgIpc) is 2.69.